The highest BCUT2D eigenvalue weighted by molar-refractivity contribution is 6.31. The van der Waals surface area contributed by atoms with Gasteiger partial charge in [0.15, 0.2) is 0 Å². The van der Waals surface area contributed by atoms with Crippen molar-refractivity contribution in [1.82, 2.24) is 24.8 Å². The molecule has 0 spiro atoms. The number of aromatic nitrogens is 4. The van der Waals surface area contributed by atoms with E-state index in [4.69, 9.17) is 11.6 Å². The van der Waals surface area contributed by atoms with Gasteiger partial charge in [0.2, 0.25) is 0 Å². The normalized spacial score (nSPS) is 14.9. The van der Waals surface area contributed by atoms with Crippen LogP contribution in [0.2, 0.25) is 5.02 Å². The Balaban J connectivity index is 1.64. The zero-order chi connectivity index (χ0) is 23.5. The molecule has 4 rings (SSSR count). The first-order chi connectivity index (χ1) is 15.8. The molecule has 12 heteroatoms. The van der Waals surface area contributed by atoms with Gasteiger partial charge in [-0.15, -0.1) is 0 Å². The minimum atomic E-state index is -2.91. The lowest BCUT2D eigenvalue weighted by Crippen LogP contribution is -2.32. The number of hydrogen-bond acceptors (Lipinski definition) is 5. The van der Waals surface area contributed by atoms with Crippen LogP contribution in [0.4, 0.5) is 17.6 Å². The number of fused-ring (bicyclic) bond motifs is 1. The number of rotatable bonds is 10. The SMILES string of the molecule is O=C(N[C@@H](CC1CC1)c1nc2cc(Cl)ccc2n1CCOC(F)F)c1cnc(C(F)F)cn1. The van der Waals surface area contributed by atoms with Gasteiger partial charge in [-0.1, -0.05) is 24.4 Å². The van der Waals surface area contributed by atoms with Crippen LogP contribution in [-0.2, 0) is 11.3 Å². The number of nitrogens with one attached hydrogen (secondary N) is 1. The third-order valence-electron chi connectivity index (χ3n) is 5.31. The number of nitrogens with zero attached hydrogens (tertiary/aromatic N) is 4. The van der Waals surface area contributed by atoms with Crippen molar-refractivity contribution in [2.45, 2.75) is 44.9 Å². The maximum absolute atomic E-state index is 12.8. The van der Waals surface area contributed by atoms with Crippen LogP contribution >= 0.6 is 11.6 Å². The first-order valence-electron chi connectivity index (χ1n) is 10.3. The van der Waals surface area contributed by atoms with Crippen LogP contribution < -0.4 is 5.32 Å². The molecule has 1 aliphatic rings. The van der Waals surface area contributed by atoms with Gasteiger partial charge in [-0.05, 0) is 30.5 Å². The smallest absolute Gasteiger partial charge is 0.341 e. The second-order valence-corrected chi connectivity index (χ2v) is 8.15. The molecule has 2 aromatic heterocycles. The predicted octanol–water partition coefficient (Wildman–Crippen LogP) is 4.93. The lowest BCUT2D eigenvalue weighted by molar-refractivity contribution is -0.130. The molecule has 0 radical (unpaired) electrons. The summed E-state index contributed by atoms with van der Waals surface area (Å²) in [5.74, 6) is 0.230. The van der Waals surface area contributed by atoms with Gasteiger partial charge in [-0.25, -0.2) is 18.7 Å². The fourth-order valence-corrected chi connectivity index (χ4v) is 3.74. The lowest BCUT2D eigenvalue weighted by Gasteiger charge is -2.20. The molecule has 0 bridgehead atoms. The van der Waals surface area contributed by atoms with E-state index in [0.717, 1.165) is 25.2 Å². The maximum atomic E-state index is 12.8. The molecule has 1 fully saturated rings. The number of carbonyl (C=O) groups excluding carboxylic acids is 1. The summed E-state index contributed by atoms with van der Waals surface area (Å²) < 4.78 is 56.6. The van der Waals surface area contributed by atoms with Gasteiger partial charge >= 0.3 is 6.61 Å². The third-order valence-corrected chi connectivity index (χ3v) is 5.54. The van der Waals surface area contributed by atoms with Gasteiger partial charge < -0.3 is 14.6 Å². The number of imidazole rings is 1. The first kappa shape index (κ1) is 23.4. The molecule has 0 aliphatic heterocycles. The molecule has 1 saturated carbocycles. The summed E-state index contributed by atoms with van der Waals surface area (Å²) in [6.45, 7) is -3.09. The van der Waals surface area contributed by atoms with Gasteiger partial charge in [-0.2, -0.15) is 8.78 Å². The van der Waals surface area contributed by atoms with E-state index in [2.05, 4.69) is 25.0 Å². The van der Waals surface area contributed by atoms with Crippen molar-refractivity contribution >= 4 is 28.5 Å². The van der Waals surface area contributed by atoms with E-state index in [-0.39, 0.29) is 18.8 Å². The summed E-state index contributed by atoms with van der Waals surface area (Å²) >= 11 is 6.09. The molecule has 176 valence electrons. The molecule has 0 unspecified atom stereocenters. The number of halogens is 5. The summed E-state index contributed by atoms with van der Waals surface area (Å²) in [6, 6.07) is 4.46. The molecule has 7 nitrogen and oxygen atoms in total. The molecular formula is C21H20ClF4N5O2. The van der Waals surface area contributed by atoms with Crippen LogP contribution in [0.15, 0.2) is 30.6 Å². The molecule has 1 atom stereocenters. The second kappa shape index (κ2) is 10.0. The third kappa shape index (κ3) is 5.77. The van der Waals surface area contributed by atoms with E-state index >= 15 is 0 Å². The van der Waals surface area contributed by atoms with Crippen LogP contribution in [0, 0.1) is 5.92 Å². The number of benzene rings is 1. The van der Waals surface area contributed by atoms with Gasteiger partial charge in [-0.3, -0.25) is 9.78 Å². The quantitative estimate of drug-likeness (QED) is 0.412. The highest BCUT2D eigenvalue weighted by atomic mass is 35.5. The van der Waals surface area contributed by atoms with E-state index in [1.54, 1.807) is 22.8 Å². The van der Waals surface area contributed by atoms with Crippen LogP contribution in [-0.4, -0.2) is 38.6 Å². The van der Waals surface area contributed by atoms with E-state index < -0.39 is 30.7 Å². The Morgan fingerprint density at radius 2 is 2.00 bits per heavy atom. The lowest BCUT2D eigenvalue weighted by atomic mass is 10.1. The number of hydrogen-bond donors (Lipinski definition) is 1. The largest absolute Gasteiger partial charge is 0.345 e. The Labute approximate surface area is 191 Å². The van der Waals surface area contributed by atoms with E-state index in [0.29, 0.717) is 34.2 Å². The molecule has 33 heavy (non-hydrogen) atoms. The summed E-state index contributed by atoms with van der Waals surface area (Å²) in [4.78, 5) is 24.8. The summed E-state index contributed by atoms with van der Waals surface area (Å²) in [7, 11) is 0. The second-order valence-electron chi connectivity index (χ2n) is 7.72. The first-order valence-corrected chi connectivity index (χ1v) is 10.7. The van der Waals surface area contributed by atoms with Crippen molar-refractivity contribution in [2.75, 3.05) is 6.61 Å². The molecule has 3 aromatic rings. The van der Waals surface area contributed by atoms with Crippen LogP contribution in [0.1, 0.15) is 53.7 Å². The van der Waals surface area contributed by atoms with Gasteiger partial charge in [0.1, 0.15) is 17.2 Å². The number of ether oxygens (including phenoxy) is 1. The molecule has 1 amide bonds. The molecule has 2 heterocycles. The Morgan fingerprint density at radius 3 is 2.64 bits per heavy atom. The molecule has 1 N–H and O–H groups in total. The Hall–Kier alpha value is -2.79. The maximum Gasteiger partial charge on any atom is 0.345 e. The Morgan fingerprint density at radius 1 is 1.21 bits per heavy atom. The fourth-order valence-electron chi connectivity index (χ4n) is 3.57. The zero-order valence-electron chi connectivity index (χ0n) is 17.2. The van der Waals surface area contributed by atoms with Gasteiger partial charge in [0.25, 0.3) is 12.3 Å². The summed E-state index contributed by atoms with van der Waals surface area (Å²) in [5.41, 5.74) is 0.555. The highest BCUT2D eigenvalue weighted by Crippen LogP contribution is 2.38. The van der Waals surface area contributed by atoms with Gasteiger partial charge in [0, 0.05) is 11.6 Å². The summed E-state index contributed by atoms with van der Waals surface area (Å²) in [5, 5.41) is 3.31. The fraction of sp³-hybridized carbons (Fsp3) is 0.429. The van der Waals surface area contributed by atoms with Crippen molar-refractivity contribution < 1.29 is 27.1 Å². The predicted molar refractivity (Wildman–Crippen MR) is 111 cm³/mol. The molecular weight excluding hydrogens is 466 g/mol. The minimum Gasteiger partial charge on any atom is -0.341 e. The van der Waals surface area contributed by atoms with E-state index in [1.165, 1.54) is 0 Å². The molecule has 0 saturated heterocycles. The zero-order valence-corrected chi connectivity index (χ0v) is 18.0. The number of alkyl halides is 4. The molecule has 1 aromatic carbocycles. The van der Waals surface area contributed by atoms with Gasteiger partial charge in [0.05, 0.1) is 36.1 Å². The van der Waals surface area contributed by atoms with Crippen molar-refractivity contribution in [3.8, 4) is 0 Å². The standard InChI is InChI=1S/C21H20ClF4N5O2/c22-12-3-4-17-13(8-12)29-19(31(17)5-6-33-21(25)26)14(7-11-1-2-11)30-20(32)16-10-27-15(9-28-16)18(23)24/h3-4,8-11,14,18,21H,1-2,5-7H2,(H,30,32)/t14-/m0/s1. The number of carbonyl (C=O) groups is 1. The van der Waals surface area contributed by atoms with Crippen molar-refractivity contribution in [3.63, 3.8) is 0 Å². The van der Waals surface area contributed by atoms with Crippen molar-refractivity contribution in [1.29, 1.82) is 0 Å². The Bertz CT molecular complexity index is 1120. The van der Waals surface area contributed by atoms with Crippen molar-refractivity contribution in [3.05, 3.63) is 52.8 Å². The topological polar surface area (TPSA) is 81.9 Å². The average Bonchev–Trinajstić information content (AvgIpc) is 3.53. The number of amides is 1. The molecule has 1 aliphatic carbocycles. The average molecular weight is 486 g/mol. The minimum absolute atomic E-state index is 0.0811. The van der Waals surface area contributed by atoms with Crippen molar-refractivity contribution in [2.24, 2.45) is 5.92 Å². The summed E-state index contributed by atoms with van der Waals surface area (Å²) in [6.07, 6.45) is 1.62. The van der Waals surface area contributed by atoms with Crippen LogP contribution in [0.3, 0.4) is 0 Å². The monoisotopic (exact) mass is 485 g/mol. The van der Waals surface area contributed by atoms with Crippen LogP contribution in [0.5, 0.6) is 0 Å². The van der Waals surface area contributed by atoms with E-state index in [1.807, 2.05) is 0 Å². The van der Waals surface area contributed by atoms with Crippen LogP contribution in [0.25, 0.3) is 11.0 Å². The van der Waals surface area contributed by atoms with E-state index in [9.17, 15) is 22.4 Å². The Kier molecular flexibility index (Phi) is 7.08. The highest BCUT2D eigenvalue weighted by Gasteiger charge is 2.31.